The van der Waals surface area contributed by atoms with E-state index >= 15 is 0 Å². The number of carboxylic acid groups (broad SMARTS) is 1. The second-order valence-electron chi connectivity index (χ2n) is 7.22. The van der Waals surface area contributed by atoms with E-state index in [4.69, 9.17) is 15.2 Å². The van der Waals surface area contributed by atoms with Crippen molar-refractivity contribution in [2.24, 2.45) is 5.73 Å². The maximum Gasteiger partial charge on any atom is 0.355 e. The normalized spacial score (nSPS) is 15.3. The third-order valence-electron chi connectivity index (χ3n) is 5.32. The van der Waals surface area contributed by atoms with Crippen molar-refractivity contribution in [3.63, 3.8) is 0 Å². The molecule has 12 nitrogen and oxygen atoms in total. The predicted molar refractivity (Wildman–Crippen MR) is 127 cm³/mol. The highest BCUT2D eigenvalue weighted by atomic mass is 79.9. The number of nitriles is 1. The number of nitro groups is 1. The van der Waals surface area contributed by atoms with Gasteiger partial charge in [-0.15, -0.1) is 0 Å². The summed E-state index contributed by atoms with van der Waals surface area (Å²) in [5.41, 5.74) is 3.29. The molecule has 0 spiro atoms. The van der Waals surface area contributed by atoms with Crippen LogP contribution in [0.5, 0.6) is 0 Å². The molecule has 0 aliphatic carbocycles. The average molecular weight is 557 g/mol. The molecule has 36 heavy (non-hydrogen) atoms. The van der Waals surface area contributed by atoms with Crippen LogP contribution in [0.2, 0.25) is 0 Å². The molecule has 2 aromatic carbocycles. The van der Waals surface area contributed by atoms with Gasteiger partial charge < -0.3 is 20.3 Å². The number of allylic oxidation sites excluding steroid dienone is 1. The van der Waals surface area contributed by atoms with Gasteiger partial charge in [0.1, 0.15) is 17.2 Å². The minimum Gasteiger partial charge on any atom is -0.478 e. The molecule has 1 atom stereocenters. The quantitative estimate of drug-likeness (QED) is 0.302. The smallest absolute Gasteiger partial charge is 0.355 e. The molecule has 0 aromatic heterocycles. The number of carboxylic acids is 1. The van der Waals surface area contributed by atoms with Crippen LogP contribution >= 0.6 is 15.9 Å². The van der Waals surface area contributed by atoms with E-state index in [1.807, 2.05) is 6.07 Å². The molecule has 0 radical (unpaired) electrons. The lowest BCUT2D eigenvalue weighted by atomic mass is 9.80. The maximum absolute atomic E-state index is 13.1. The van der Waals surface area contributed by atoms with Crippen molar-refractivity contribution in [1.82, 2.24) is 0 Å². The number of rotatable bonds is 6. The van der Waals surface area contributed by atoms with E-state index in [1.54, 1.807) is 30.3 Å². The number of halogens is 1. The maximum atomic E-state index is 13.1. The molecule has 1 unspecified atom stereocenters. The summed E-state index contributed by atoms with van der Waals surface area (Å²) >= 11 is 3.03. The molecule has 13 heteroatoms. The Labute approximate surface area is 212 Å². The number of hydrogen-bond acceptors (Lipinski definition) is 10. The van der Waals surface area contributed by atoms with Crippen LogP contribution in [0.3, 0.4) is 0 Å². The minimum atomic E-state index is -1.60. The van der Waals surface area contributed by atoms with Crippen molar-refractivity contribution >= 4 is 45.2 Å². The summed E-state index contributed by atoms with van der Waals surface area (Å²) in [5.74, 6) is -5.57. The van der Waals surface area contributed by atoms with Crippen LogP contribution in [-0.4, -0.2) is 42.2 Å². The Hall–Kier alpha value is -4.70. The molecular formula is C23H17BrN4O8. The molecule has 184 valence electrons. The molecule has 1 heterocycles. The second kappa shape index (κ2) is 10.3. The van der Waals surface area contributed by atoms with Gasteiger partial charge in [0.25, 0.3) is 5.69 Å². The highest BCUT2D eigenvalue weighted by molar-refractivity contribution is 9.10. The van der Waals surface area contributed by atoms with E-state index < -0.39 is 62.8 Å². The van der Waals surface area contributed by atoms with Crippen LogP contribution < -0.4 is 10.6 Å². The third-order valence-corrected chi connectivity index (χ3v) is 5.77. The number of carbonyl (C=O) groups is 3. The lowest BCUT2D eigenvalue weighted by Crippen LogP contribution is -2.41. The largest absolute Gasteiger partial charge is 0.478 e. The molecule has 3 rings (SSSR count). The Balaban J connectivity index is 2.59. The van der Waals surface area contributed by atoms with Crippen molar-refractivity contribution in [2.45, 2.75) is 5.92 Å². The first-order valence-electron chi connectivity index (χ1n) is 9.95. The number of nitro benzene ring substituents is 1. The van der Waals surface area contributed by atoms with Gasteiger partial charge in [-0.1, -0.05) is 46.3 Å². The Kier molecular flexibility index (Phi) is 7.40. The van der Waals surface area contributed by atoms with Crippen LogP contribution in [0.4, 0.5) is 11.4 Å². The zero-order chi connectivity index (χ0) is 26.7. The number of carbonyl (C=O) groups excluding carboxylic acids is 2. The number of anilines is 1. The predicted octanol–water partition coefficient (Wildman–Crippen LogP) is 2.95. The zero-order valence-electron chi connectivity index (χ0n) is 18.7. The van der Waals surface area contributed by atoms with E-state index in [0.29, 0.717) is 10.5 Å². The molecule has 0 bridgehead atoms. The number of ether oxygens (including phenoxy) is 2. The lowest BCUT2D eigenvalue weighted by Gasteiger charge is -2.36. The minimum absolute atomic E-state index is 0.0503. The second-order valence-corrected chi connectivity index (χ2v) is 8.13. The Morgan fingerprint density at radius 2 is 1.78 bits per heavy atom. The van der Waals surface area contributed by atoms with Gasteiger partial charge >= 0.3 is 17.9 Å². The molecule has 1 aliphatic heterocycles. The van der Waals surface area contributed by atoms with Gasteiger partial charge in [-0.25, -0.2) is 14.4 Å². The van der Waals surface area contributed by atoms with Crippen molar-refractivity contribution in [3.8, 4) is 6.07 Å². The number of methoxy groups -OCH3 is 2. The van der Waals surface area contributed by atoms with Gasteiger partial charge in [0.05, 0.1) is 47.8 Å². The Morgan fingerprint density at radius 1 is 1.17 bits per heavy atom. The molecule has 1 aliphatic rings. The zero-order valence-corrected chi connectivity index (χ0v) is 20.3. The molecule has 0 amide bonds. The first-order chi connectivity index (χ1) is 17.1. The molecule has 0 saturated heterocycles. The van der Waals surface area contributed by atoms with Gasteiger partial charge in [0.2, 0.25) is 0 Å². The van der Waals surface area contributed by atoms with Gasteiger partial charge in [-0.2, -0.15) is 5.26 Å². The number of esters is 2. The summed E-state index contributed by atoms with van der Waals surface area (Å²) in [4.78, 5) is 50.1. The van der Waals surface area contributed by atoms with Gasteiger partial charge in [-0.05, 0) is 11.6 Å². The highest BCUT2D eigenvalue weighted by Crippen LogP contribution is 2.47. The van der Waals surface area contributed by atoms with Crippen molar-refractivity contribution in [3.05, 3.63) is 90.8 Å². The van der Waals surface area contributed by atoms with E-state index in [2.05, 4.69) is 15.9 Å². The monoisotopic (exact) mass is 556 g/mol. The number of aromatic carboxylic acids is 1. The molecule has 2 aromatic rings. The summed E-state index contributed by atoms with van der Waals surface area (Å²) in [5, 5.41) is 31.9. The van der Waals surface area contributed by atoms with Crippen molar-refractivity contribution in [2.75, 3.05) is 19.1 Å². The SMILES string of the molecule is COC(=O)C1=C(C(=O)OC)N(c2c(C(=O)O)cc(Br)cc2[N+](=O)[O-])C(N)=C(C#N)C1c1ccccc1. The van der Waals surface area contributed by atoms with Gasteiger partial charge in [0, 0.05) is 10.5 Å². The van der Waals surface area contributed by atoms with Crippen LogP contribution in [0, 0.1) is 21.4 Å². The van der Waals surface area contributed by atoms with E-state index in [-0.39, 0.29) is 10.0 Å². The van der Waals surface area contributed by atoms with E-state index in [9.17, 15) is 34.9 Å². The molecule has 3 N–H and O–H groups in total. The van der Waals surface area contributed by atoms with Crippen LogP contribution in [-0.2, 0) is 19.1 Å². The van der Waals surface area contributed by atoms with Crippen molar-refractivity contribution < 1.29 is 33.9 Å². The lowest BCUT2D eigenvalue weighted by molar-refractivity contribution is -0.384. The molecule has 0 fully saturated rings. The number of nitrogens with two attached hydrogens (primary N) is 1. The van der Waals surface area contributed by atoms with Gasteiger partial charge in [-0.3, -0.25) is 15.0 Å². The molecular weight excluding hydrogens is 540 g/mol. The fraction of sp³-hybridized carbons (Fsp3) is 0.130. The van der Waals surface area contributed by atoms with Crippen molar-refractivity contribution in [1.29, 1.82) is 5.26 Å². The standard InChI is InChI=1S/C23H17BrN4O8/c1-35-22(31)17-16(11-6-4-3-5-7-11)14(10-25)20(26)27(19(17)23(32)36-2)18-13(21(29)30)8-12(24)9-15(18)28(33)34/h3-9,16H,26H2,1-2H3,(H,29,30). The Morgan fingerprint density at radius 3 is 2.28 bits per heavy atom. The highest BCUT2D eigenvalue weighted by Gasteiger charge is 2.45. The third kappa shape index (κ3) is 4.37. The summed E-state index contributed by atoms with van der Waals surface area (Å²) < 4.78 is 9.80. The summed E-state index contributed by atoms with van der Waals surface area (Å²) in [6.45, 7) is 0. The van der Waals surface area contributed by atoms with E-state index in [0.717, 1.165) is 26.4 Å². The number of nitrogens with zero attached hydrogens (tertiary/aromatic N) is 3. The topological polar surface area (TPSA) is 186 Å². The van der Waals surface area contributed by atoms with E-state index in [1.165, 1.54) is 0 Å². The first-order valence-corrected chi connectivity index (χ1v) is 10.7. The average Bonchev–Trinajstić information content (AvgIpc) is 2.87. The summed E-state index contributed by atoms with van der Waals surface area (Å²) in [6, 6.07) is 12.0. The van der Waals surface area contributed by atoms with Gasteiger partial charge in [0.15, 0.2) is 0 Å². The van der Waals surface area contributed by atoms with Crippen LogP contribution in [0.1, 0.15) is 21.8 Å². The fourth-order valence-corrected chi connectivity index (χ4v) is 4.31. The number of benzene rings is 2. The van der Waals surface area contributed by atoms with Crippen LogP contribution in [0.25, 0.3) is 0 Å². The summed E-state index contributed by atoms with van der Waals surface area (Å²) in [7, 11) is 2.03. The fourth-order valence-electron chi connectivity index (χ4n) is 3.87. The number of hydrogen-bond donors (Lipinski definition) is 2. The Bertz CT molecular complexity index is 1360. The molecule has 0 saturated carbocycles. The summed E-state index contributed by atoms with van der Waals surface area (Å²) in [6.07, 6.45) is 0. The van der Waals surface area contributed by atoms with Crippen LogP contribution in [0.15, 0.2) is 69.6 Å². The first kappa shape index (κ1) is 25.9.